The van der Waals surface area contributed by atoms with Crippen LogP contribution in [0.15, 0.2) is 36.8 Å². The molecule has 1 N–H and O–H groups in total. The van der Waals surface area contributed by atoms with E-state index in [9.17, 15) is 8.78 Å². The molecule has 1 aromatic heterocycles. The Kier molecular flexibility index (Phi) is 4.46. The zero-order chi connectivity index (χ0) is 13.7. The molecule has 1 aromatic carbocycles. The van der Waals surface area contributed by atoms with Gasteiger partial charge in [0, 0.05) is 11.9 Å². The zero-order valence-electron chi connectivity index (χ0n) is 9.69. The van der Waals surface area contributed by atoms with Crippen LogP contribution < -0.4 is 10.1 Å². The molecule has 19 heavy (non-hydrogen) atoms. The van der Waals surface area contributed by atoms with E-state index < -0.39 is 6.61 Å². The monoisotopic (exact) mass is 285 g/mol. The van der Waals surface area contributed by atoms with E-state index >= 15 is 0 Å². The van der Waals surface area contributed by atoms with Crippen LogP contribution in [0.1, 0.15) is 5.69 Å². The van der Waals surface area contributed by atoms with Gasteiger partial charge in [0.1, 0.15) is 12.1 Å². The summed E-state index contributed by atoms with van der Waals surface area (Å²) in [5.41, 5.74) is 1.49. The summed E-state index contributed by atoms with van der Waals surface area (Å²) in [6, 6.07) is 6.27. The van der Waals surface area contributed by atoms with E-state index in [4.69, 9.17) is 11.6 Å². The van der Waals surface area contributed by atoms with Crippen molar-refractivity contribution >= 4 is 17.3 Å². The molecule has 0 aliphatic rings. The molecule has 0 atom stereocenters. The minimum Gasteiger partial charge on any atom is -0.433 e. The van der Waals surface area contributed by atoms with Gasteiger partial charge in [-0.25, -0.2) is 9.97 Å². The minimum atomic E-state index is -2.89. The van der Waals surface area contributed by atoms with Crippen molar-refractivity contribution in [2.24, 2.45) is 0 Å². The molecule has 0 amide bonds. The molecule has 2 aromatic rings. The number of hydrogen-bond donors (Lipinski definition) is 1. The maximum absolute atomic E-state index is 12.1. The highest BCUT2D eigenvalue weighted by Crippen LogP contribution is 2.29. The Bertz CT molecular complexity index is 540. The standard InChI is InChI=1S/C12H10ClF2N3O/c13-10-5-8(1-2-11(10)19-12(14)15)17-6-9-3-4-16-7-18-9/h1-5,7,12,17H,6H2. The highest BCUT2D eigenvalue weighted by molar-refractivity contribution is 6.32. The Morgan fingerprint density at radius 2 is 2.16 bits per heavy atom. The summed E-state index contributed by atoms with van der Waals surface area (Å²) in [5.74, 6) is -0.0516. The van der Waals surface area contributed by atoms with Crippen LogP contribution in [0, 0.1) is 0 Å². The molecule has 7 heteroatoms. The predicted octanol–water partition coefficient (Wildman–Crippen LogP) is 3.34. The Morgan fingerprint density at radius 3 is 2.79 bits per heavy atom. The van der Waals surface area contributed by atoms with Crippen molar-refractivity contribution in [1.29, 1.82) is 0 Å². The molecular formula is C12H10ClF2N3O. The second-order valence-corrected chi connectivity index (χ2v) is 3.99. The molecule has 100 valence electrons. The fraction of sp³-hybridized carbons (Fsp3) is 0.167. The van der Waals surface area contributed by atoms with Crippen LogP contribution in [0.3, 0.4) is 0 Å². The number of anilines is 1. The van der Waals surface area contributed by atoms with Crippen LogP contribution in [0.4, 0.5) is 14.5 Å². The normalized spacial score (nSPS) is 10.5. The van der Waals surface area contributed by atoms with Crippen molar-refractivity contribution < 1.29 is 13.5 Å². The zero-order valence-corrected chi connectivity index (χ0v) is 10.4. The number of aromatic nitrogens is 2. The van der Waals surface area contributed by atoms with Crippen molar-refractivity contribution in [3.05, 3.63) is 47.5 Å². The number of hydrogen-bond acceptors (Lipinski definition) is 4. The van der Waals surface area contributed by atoms with Gasteiger partial charge in [0.15, 0.2) is 0 Å². The average molecular weight is 286 g/mol. The number of nitrogens with one attached hydrogen (secondary N) is 1. The number of ether oxygens (including phenoxy) is 1. The Balaban J connectivity index is 2.00. The van der Waals surface area contributed by atoms with Crippen LogP contribution in [0.25, 0.3) is 0 Å². The summed E-state index contributed by atoms with van der Waals surface area (Å²) in [7, 11) is 0. The molecule has 0 bridgehead atoms. The van der Waals surface area contributed by atoms with Gasteiger partial charge in [0.05, 0.1) is 17.3 Å². The van der Waals surface area contributed by atoms with Gasteiger partial charge in [-0.2, -0.15) is 8.78 Å². The summed E-state index contributed by atoms with van der Waals surface area (Å²) in [5, 5.41) is 3.18. The van der Waals surface area contributed by atoms with Crippen LogP contribution >= 0.6 is 11.6 Å². The number of alkyl halides is 2. The van der Waals surface area contributed by atoms with Crippen LogP contribution in [-0.2, 0) is 6.54 Å². The minimum absolute atomic E-state index is 0.0516. The second-order valence-electron chi connectivity index (χ2n) is 3.58. The average Bonchev–Trinajstić information content (AvgIpc) is 2.40. The molecule has 4 nitrogen and oxygen atoms in total. The van der Waals surface area contributed by atoms with Gasteiger partial charge >= 0.3 is 6.61 Å². The van der Waals surface area contributed by atoms with Crippen LogP contribution in [-0.4, -0.2) is 16.6 Å². The maximum Gasteiger partial charge on any atom is 0.387 e. The fourth-order valence-electron chi connectivity index (χ4n) is 1.42. The molecule has 1 heterocycles. The summed E-state index contributed by atoms with van der Waals surface area (Å²) in [6.07, 6.45) is 3.08. The van der Waals surface area contributed by atoms with E-state index in [1.165, 1.54) is 18.5 Å². The lowest BCUT2D eigenvalue weighted by Gasteiger charge is -2.10. The quantitative estimate of drug-likeness (QED) is 0.915. The van der Waals surface area contributed by atoms with Gasteiger partial charge in [0.25, 0.3) is 0 Å². The van der Waals surface area contributed by atoms with E-state index in [2.05, 4.69) is 20.0 Å². The largest absolute Gasteiger partial charge is 0.433 e. The molecule has 2 rings (SSSR count). The Hall–Kier alpha value is -1.95. The van der Waals surface area contributed by atoms with Gasteiger partial charge in [0.2, 0.25) is 0 Å². The first-order valence-corrected chi connectivity index (χ1v) is 5.76. The first kappa shape index (κ1) is 13.5. The third kappa shape index (κ3) is 4.03. The van der Waals surface area contributed by atoms with E-state index in [-0.39, 0.29) is 10.8 Å². The van der Waals surface area contributed by atoms with Gasteiger partial charge < -0.3 is 10.1 Å². The topological polar surface area (TPSA) is 47.0 Å². The summed E-state index contributed by atoms with van der Waals surface area (Å²) in [6.45, 7) is -2.41. The Labute approximate surface area is 113 Å². The van der Waals surface area contributed by atoms with Crippen molar-refractivity contribution in [3.63, 3.8) is 0 Å². The SMILES string of the molecule is FC(F)Oc1ccc(NCc2ccncn2)cc1Cl. The van der Waals surface area contributed by atoms with E-state index in [0.717, 1.165) is 5.69 Å². The Morgan fingerprint density at radius 1 is 1.32 bits per heavy atom. The molecule has 0 radical (unpaired) electrons. The predicted molar refractivity (Wildman–Crippen MR) is 67.4 cm³/mol. The molecule has 0 saturated carbocycles. The smallest absolute Gasteiger partial charge is 0.387 e. The van der Waals surface area contributed by atoms with Crippen molar-refractivity contribution in [2.45, 2.75) is 13.2 Å². The molecule has 0 saturated heterocycles. The lowest BCUT2D eigenvalue weighted by Crippen LogP contribution is -2.04. The highest BCUT2D eigenvalue weighted by Gasteiger charge is 2.08. The molecular weight excluding hydrogens is 276 g/mol. The molecule has 0 spiro atoms. The van der Waals surface area contributed by atoms with E-state index in [1.54, 1.807) is 18.3 Å². The van der Waals surface area contributed by atoms with Crippen LogP contribution in [0.2, 0.25) is 5.02 Å². The second kappa shape index (κ2) is 6.29. The molecule has 0 aliphatic heterocycles. The lowest BCUT2D eigenvalue weighted by molar-refractivity contribution is -0.0497. The van der Waals surface area contributed by atoms with Crippen molar-refractivity contribution in [1.82, 2.24) is 9.97 Å². The fourth-order valence-corrected chi connectivity index (χ4v) is 1.64. The molecule has 0 aliphatic carbocycles. The van der Waals surface area contributed by atoms with Crippen LogP contribution in [0.5, 0.6) is 5.75 Å². The first-order valence-electron chi connectivity index (χ1n) is 5.38. The van der Waals surface area contributed by atoms with Gasteiger partial charge in [-0.3, -0.25) is 0 Å². The number of nitrogens with zero attached hydrogens (tertiary/aromatic N) is 2. The van der Waals surface area contributed by atoms with E-state index in [0.29, 0.717) is 12.2 Å². The maximum atomic E-state index is 12.1. The van der Waals surface area contributed by atoms with Crippen molar-refractivity contribution in [3.8, 4) is 5.75 Å². The highest BCUT2D eigenvalue weighted by atomic mass is 35.5. The number of halogens is 3. The van der Waals surface area contributed by atoms with E-state index in [1.807, 2.05) is 0 Å². The third-order valence-electron chi connectivity index (χ3n) is 2.26. The molecule has 0 unspecified atom stereocenters. The molecule has 0 fully saturated rings. The summed E-state index contributed by atoms with van der Waals surface area (Å²) >= 11 is 5.83. The third-order valence-corrected chi connectivity index (χ3v) is 2.56. The summed E-state index contributed by atoms with van der Waals surface area (Å²) in [4.78, 5) is 7.85. The van der Waals surface area contributed by atoms with Gasteiger partial charge in [-0.05, 0) is 24.3 Å². The van der Waals surface area contributed by atoms with Gasteiger partial charge in [-0.15, -0.1) is 0 Å². The lowest BCUT2D eigenvalue weighted by atomic mass is 10.3. The van der Waals surface area contributed by atoms with Gasteiger partial charge in [-0.1, -0.05) is 11.6 Å². The first-order chi connectivity index (χ1) is 9.15. The number of rotatable bonds is 5. The van der Waals surface area contributed by atoms with Crippen molar-refractivity contribution in [2.75, 3.05) is 5.32 Å². The number of benzene rings is 1. The summed E-state index contributed by atoms with van der Waals surface area (Å²) < 4.78 is 28.4.